The molecule has 0 aliphatic carbocycles. The topological polar surface area (TPSA) is 85.5 Å². The minimum atomic E-state index is -0.948. The van der Waals surface area contributed by atoms with Crippen molar-refractivity contribution in [3.63, 3.8) is 0 Å². The third kappa shape index (κ3) is 3.18. The number of halogens is 1. The lowest BCUT2D eigenvalue weighted by molar-refractivity contribution is 0.0113. The Morgan fingerprint density at radius 2 is 1.71 bits per heavy atom. The lowest BCUT2D eigenvalue weighted by atomic mass is 9.84. The van der Waals surface area contributed by atoms with Gasteiger partial charge in [-0.15, -0.1) is 0 Å². The Balaban J connectivity index is 1.62. The molecule has 4 rings (SSSR count). The van der Waals surface area contributed by atoms with Gasteiger partial charge in [0, 0.05) is 26.2 Å². The molecule has 0 spiro atoms. The summed E-state index contributed by atoms with van der Waals surface area (Å²) in [5.41, 5.74) is 0.630. The molecule has 3 aromatic rings. The number of anilines is 1. The highest BCUT2D eigenvalue weighted by Gasteiger charge is 2.36. The van der Waals surface area contributed by atoms with Gasteiger partial charge >= 0.3 is 0 Å². The van der Waals surface area contributed by atoms with Crippen LogP contribution < -0.4 is 14.4 Å². The number of aryl methyl sites for hydroxylation is 1. The van der Waals surface area contributed by atoms with Crippen LogP contribution in [-0.4, -0.2) is 52.2 Å². The Hall–Kier alpha value is -2.39. The average molecular weight is 448 g/mol. The van der Waals surface area contributed by atoms with Crippen LogP contribution in [0.1, 0.15) is 18.4 Å². The van der Waals surface area contributed by atoms with Crippen molar-refractivity contribution in [2.24, 2.45) is 7.05 Å². The van der Waals surface area contributed by atoms with Crippen LogP contribution in [-0.2, 0) is 12.6 Å². The molecule has 3 heterocycles. The lowest BCUT2D eigenvalue weighted by Crippen LogP contribution is -2.43. The molecule has 1 aromatic carbocycles. The van der Waals surface area contributed by atoms with Gasteiger partial charge in [0.05, 0.1) is 25.2 Å². The van der Waals surface area contributed by atoms with Crippen molar-refractivity contribution in [1.29, 1.82) is 0 Å². The summed E-state index contributed by atoms with van der Waals surface area (Å²) in [5.74, 6) is 2.17. The van der Waals surface area contributed by atoms with Gasteiger partial charge in [-0.05, 0) is 46.5 Å². The number of benzene rings is 1. The van der Waals surface area contributed by atoms with E-state index in [4.69, 9.17) is 9.47 Å². The van der Waals surface area contributed by atoms with E-state index in [1.165, 1.54) is 0 Å². The van der Waals surface area contributed by atoms with Gasteiger partial charge in [-0.2, -0.15) is 5.10 Å². The Bertz CT molecular complexity index is 992. The summed E-state index contributed by atoms with van der Waals surface area (Å²) in [4.78, 5) is 11.0. The molecule has 1 aliphatic rings. The van der Waals surface area contributed by atoms with Crippen molar-refractivity contribution in [2.75, 3.05) is 32.2 Å². The van der Waals surface area contributed by atoms with E-state index in [1.54, 1.807) is 31.3 Å². The summed E-state index contributed by atoms with van der Waals surface area (Å²) in [6, 6.07) is 5.55. The molecule has 0 unspecified atom stereocenters. The van der Waals surface area contributed by atoms with Gasteiger partial charge in [0.2, 0.25) is 0 Å². The molecule has 28 heavy (non-hydrogen) atoms. The Labute approximate surface area is 171 Å². The van der Waals surface area contributed by atoms with Crippen molar-refractivity contribution in [3.05, 3.63) is 34.7 Å². The van der Waals surface area contributed by atoms with Crippen molar-refractivity contribution in [3.8, 4) is 11.5 Å². The minimum absolute atomic E-state index is 0.562. The molecular formula is C19H22BrN5O3. The summed E-state index contributed by atoms with van der Waals surface area (Å²) in [5, 5.41) is 16.6. The number of methoxy groups -OCH3 is 2. The lowest BCUT2D eigenvalue weighted by Gasteiger charge is -2.39. The van der Waals surface area contributed by atoms with Crippen LogP contribution in [0.15, 0.2) is 29.1 Å². The highest BCUT2D eigenvalue weighted by Crippen LogP contribution is 2.39. The normalized spacial score (nSPS) is 16.4. The van der Waals surface area contributed by atoms with E-state index < -0.39 is 5.60 Å². The second kappa shape index (κ2) is 7.21. The standard InChI is InChI=1S/C19H22BrN5O3/c1-24-17-15(16(20)23-24)18(22-11-21-17)25-6-4-19(26,5-7-25)12-8-13(27-2)10-14(9-12)28-3/h8-11,26H,4-7H2,1-3H3. The van der Waals surface area contributed by atoms with E-state index in [9.17, 15) is 5.11 Å². The molecule has 8 nitrogen and oxygen atoms in total. The smallest absolute Gasteiger partial charge is 0.164 e. The van der Waals surface area contributed by atoms with Gasteiger partial charge in [0.25, 0.3) is 0 Å². The van der Waals surface area contributed by atoms with Crippen LogP contribution in [0.2, 0.25) is 0 Å². The van der Waals surface area contributed by atoms with Crippen LogP contribution >= 0.6 is 15.9 Å². The molecule has 1 fully saturated rings. The largest absolute Gasteiger partial charge is 0.497 e. The first-order chi connectivity index (χ1) is 13.4. The number of rotatable bonds is 4. The van der Waals surface area contributed by atoms with Crippen LogP contribution in [0.25, 0.3) is 11.0 Å². The number of nitrogens with zero attached hydrogens (tertiary/aromatic N) is 5. The molecule has 148 valence electrons. The summed E-state index contributed by atoms with van der Waals surface area (Å²) in [6.07, 6.45) is 2.68. The Morgan fingerprint density at radius 3 is 2.32 bits per heavy atom. The highest BCUT2D eigenvalue weighted by atomic mass is 79.9. The number of fused-ring (bicyclic) bond motifs is 1. The van der Waals surface area contributed by atoms with E-state index in [1.807, 2.05) is 19.2 Å². The zero-order valence-electron chi connectivity index (χ0n) is 16.0. The Kier molecular flexibility index (Phi) is 4.88. The molecule has 9 heteroatoms. The van der Waals surface area contributed by atoms with E-state index in [-0.39, 0.29) is 0 Å². The predicted molar refractivity (Wildman–Crippen MR) is 109 cm³/mol. The number of aliphatic hydroxyl groups is 1. The maximum absolute atomic E-state index is 11.3. The van der Waals surface area contributed by atoms with Gasteiger partial charge in [-0.3, -0.25) is 0 Å². The summed E-state index contributed by atoms with van der Waals surface area (Å²) in [7, 11) is 5.07. The van der Waals surface area contributed by atoms with E-state index in [2.05, 4.69) is 35.9 Å². The molecule has 0 saturated carbocycles. The third-order valence-corrected chi connectivity index (χ3v) is 5.89. The number of hydrogen-bond acceptors (Lipinski definition) is 7. The average Bonchev–Trinajstić information content (AvgIpc) is 3.02. The maximum atomic E-state index is 11.3. The zero-order valence-corrected chi connectivity index (χ0v) is 17.6. The van der Waals surface area contributed by atoms with E-state index in [0.717, 1.165) is 27.0 Å². The molecule has 0 radical (unpaired) electrons. The van der Waals surface area contributed by atoms with Gasteiger partial charge in [-0.1, -0.05) is 0 Å². The molecule has 0 amide bonds. The first-order valence-corrected chi connectivity index (χ1v) is 9.78. The first kappa shape index (κ1) is 18.9. The van der Waals surface area contributed by atoms with Crippen LogP contribution in [0.3, 0.4) is 0 Å². The predicted octanol–water partition coefficient (Wildman–Crippen LogP) is 2.63. The number of piperidine rings is 1. The second-order valence-electron chi connectivity index (χ2n) is 6.93. The van der Waals surface area contributed by atoms with Crippen molar-refractivity contribution in [2.45, 2.75) is 18.4 Å². The third-order valence-electron chi connectivity index (χ3n) is 5.34. The maximum Gasteiger partial charge on any atom is 0.164 e. The van der Waals surface area contributed by atoms with Crippen LogP contribution in [0, 0.1) is 0 Å². The molecular weight excluding hydrogens is 426 g/mol. The molecule has 1 saturated heterocycles. The van der Waals surface area contributed by atoms with Gasteiger partial charge < -0.3 is 19.5 Å². The summed E-state index contributed by atoms with van der Waals surface area (Å²) in [6.45, 7) is 1.31. The Morgan fingerprint density at radius 1 is 1.07 bits per heavy atom. The number of aromatic nitrogens is 4. The van der Waals surface area contributed by atoms with E-state index >= 15 is 0 Å². The van der Waals surface area contributed by atoms with Crippen LogP contribution in [0.5, 0.6) is 11.5 Å². The monoisotopic (exact) mass is 447 g/mol. The molecule has 2 aromatic heterocycles. The molecule has 1 N–H and O–H groups in total. The SMILES string of the molecule is COc1cc(OC)cc(C2(O)CCN(c3ncnc4c3c(Br)nn4C)CC2)c1. The first-order valence-electron chi connectivity index (χ1n) is 8.99. The van der Waals surface area contributed by atoms with Gasteiger partial charge in [0.1, 0.15) is 28.2 Å². The van der Waals surface area contributed by atoms with Crippen molar-refractivity contribution >= 4 is 32.8 Å². The fourth-order valence-electron chi connectivity index (χ4n) is 3.72. The minimum Gasteiger partial charge on any atom is -0.497 e. The quantitative estimate of drug-likeness (QED) is 0.657. The molecule has 1 aliphatic heterocycles. The van der Waals surface area contributed by atoms with Crippen molar-refractivity contribution in [1.82, 2.24) is 19.7 Å². The fraction of sp³-hybridized carbons (Fsp3) is 0.421. The van der Waals surface area contributed by atoms with Crippen molar-refractivity contribution < 1.29 is 14.6 Å². The number of hydrogen-bond donors (Lipinski definition) is 1. The van der Waals surface area contributed by atoms with Gasteiger partial charge in [-0.25, -0.2) is 14.6 Å². The molecule has 0 atom stereocenters. The highest BCUT2D eigenvalue weighted by molar-refractivity contribution is 9.10. The number of ether oxygens (including phenoxy) is 2. The summed E-state index contributed by atoms with van der Waals surface area (Å²) < 4.78 is 13.2. The second-order valence-corrected chi connectivity index (χ2v) is 7.68. The molecule has 0 bridgehead atoms. The van der Waals surface area contributed by atoms with E-state index in [0.29, 0.717) is 37.4 Å². The van der Waals surface area contributed by atoms with Gasteiger partial charge in [0.15, 0.2) is 5.65 Å². The van der Waals surface area contributed by atoms with Crippen LogP contribution in [0.4, 0.5) is 5.82 Å². The fourth-order valence-corrected chi connectivity index (χ4v) is 4.31. The summed E-state index contributed by atoms with van der Waals surface area (Å²) >= 11 is 3.51. The zero-order chi connectivity index (χ0) is 19.9.